The van der Waals surface area contributed by atoms with Crippen LogP contribution in [0, 0.1) is 14.9 Å². The Balaban J connectivity index is 1.70. The molecule has 32 heavy (non-hydrogen) atoms. The van der Waals surface area contributed by atoms with Gasteiger partial charge in [-0.1, -0.05) is 36.4 Å². The lowest BCUT2D eigenvalue weighted by Crippen LogP contribution is -2.55. The number of urea groups is 1. The second-order valence-electron chi connectivity index (χ2n) is 7.47. The van der Waals surface area contributed by atoms with Gasteiger partial charge in [-0.2, -0.15) is 5.26 Å². The van der Waals surface area contributed by atoms with Gasteiger partial charge in [-0.15, -0.1) is 0 Å². The zero-order valence-corrected chi connectivity index (χ0v) is 19.6. The Labute approximate surface area is 200 Å². The average Bonchev–Trinajstić information content (AvgIpc) is 2.81. The molecule has 0 radical (unpaired) electrons. The van der Waals surface area contributed by atoms with Crippen molar-refractivity contribution in [2.24, 2.45) is 0 Å². The van der Waals surface area contributed by atoms with Crippen LogP contribution >= 0.6 is 22.6 Å². The Morgan fingerprint density at radius 3 is 2.47 bits per heavy atom. The van der Waals surface area contributed by atoms with Gasteiger partial charge in [0.2, 0.25) is 5.91 Å². The van der Waals surface area contributed by atoms with Crippen molar-refractivity contribution in [2.45, 2.75) is 24.9 Å². The number of amides is 3. The summed E-state index contributed by atoms with van der Waals surface area (Å²) in [6.07, 6.45) is 0.589. The molecule has 8 nitrogen and oxygen atoms in total. The van der Waals surface area contributed by atoms with Crippen LogP contribution in [0.1, 0.15) is 11.1 Å². The Bertz CT molecular complexity index is 974. The van der Waals surface area contributed by atoms with Crippen LogP contribution in [-0.4, -0.2) is 60.3 Å². The van der Waals surface area contributed by atoms with Crippen LogP contribution in [0.5, 0.6) is 5.75 Å². The van der Waals surface area contributed by atoms with Gasteiger partial charge in [0.05, 0.1) is 22.9 Å². The van der Waals surface area contributed by atoms with E-state index in [9.17, 15) is 20.0 Å². The van der Waals surface area contributed by atoms with E-state index in [0.717, 1.165) is 11.1 Å². The number of morpholine rings is 1. The number of hydrogen-bond acceptors (Lipinski definition) is 5. The Kier molecular flexibility index (Phi) is 8.70. The maximum absolute atomic E-state index is 13.1. The predicted molar refractivity (Wildman–Crippen MR) is 127 cm³/mol. The summed E-state index contributed by atoms with van der Waals surface area (Å²) in [5.74, 6) is -0.254. The Hall–Kier alpha value is -2.84. The minimum Gasteiger partial charge on any atom is -0.507 e. The summed E-state index contributed by atoms with van der Waals surface area (Å²) in [6.45, 7) is 1.85. The second-order valence-corrected chi connectivity index (χ2v) is 8.63. The van der Waals surface area contributed by atoms with Gasteiger partial charge in [-0.05, 0) is 45.9 Å². The topological polar surface area (TPSA) is 115 Å². The number of ether oxygens (including phenoxy) is 1. The lowest BCUT2D eigenvalue weighted by Gasteiger charge is -2.29. The standard InChI is InChI=1S/C23H25IN4O4/c24-19-13-17(6-7-21(19)29)12-18(15-25)26-22(30)20(14-16-4-2-1-3-5-16)27-23(31)28-8-10-32-11-9-28/h1-7,13,18,20,29H,8-12,14H2,(H,26,30)(H,27,31)/t18-,20-/m0/s1. The summed E-state index contributed by atoms with van der Waals surface area (Å²) >= 11 is 2.01. The highest BCUT2D eigenvalue weighted by molar-refractivity contribution is 14.1. The fourth-order valence-electron chi connectivity index (χ4n) is 3.38. The van der Waals surface area contributed by atoms with Crippen molar-refractivity contribution < 1.29 is 19.4 Å². The van der Waals surface area contributed by atoms with Crippen LogP contribution in [0.15, 0.2) is 48.5 Å². The van der Waals surface area contributed by atoms with E-state index < -0.39 is 18.0 Å². The molecule has 1 aliphatic heterocycles. The predicted octanol–water partition coefficient (Wildman–Crippen LogP) is 2.20. The quantitative estimate of drug-likeness (QED) is 0.460. The van der Waals surface area contributed by atoms with Gasteiger partial charge >= 0.3 is 6.03 Å². The van der Waals surface area contributed by atoms with E-state index in [0.29, 0.717) is 36.3 Å². The van der Waals surface area contributed by atoms with Crippen molar-refractivity contribution in [1.82, 2.24) is 15.5 Å². The number of nitriles is 1. The van der Waals surface area contributed by atoms with Crippen molar-refractivity contribution in [2.75, 3.05) is 26.3 Å². The van der Waals surface area contributed by atoms with Crippen molar-refractivity contribution in [3.8, 4) is 11.8 Å². The van der Waals surface area contributed by atoms with Crippen LogP contribution in [0.2, 0.25) is 0 Å². The summed E-state index contributed by atoms with van der Waals surface area (Å²) in [7, 11) is 0. The third-order valence-electron chi connectivity index (χ3n) is 5.12. The number of halogens is 1. The van der Waals surface area contributed by atoms with E-state index in [1.54, 1.807) is 23.1 Å². The van der Waals surface area contributed by atoms with E-state index in [-0.39, 0.29) is 18.2 Å². The van der Waals surface area contributed by atoms with Gasteiger partial charge in [0.15, 0.2) is 0 Å². The van der Waals surface area contributed by atoms with E-state index in [1.165, 1.54) is 0 Å². The molecule has 3 amide bonds. The first kappa shape index (κ1) is 23.8. The molecule has 3 N–H and O–H groups in total. The molecular formula is C23H25IN4O4. The number of nitrogens with one attached hydrogen (secondary N) is 2. The van der Waals surface area contributed by atoms with Gasteiger partial charge in [0, 0.05) is 25.9 Å². The number of phenols is 1. The van der Waals surface area contributed by atoms with Gasteiger partial charge < -0.3 is 25.4 Å². The maximum Gasteiger partial charge on any atom is 0.318 e. The maximum atomic E-state index is 13.1. The summed E-state index contributed by atoms with van der Waals surface area (Å²) in [6, 6.07) is 14.6. The van der Waals surface area contributed by atoms with E-state index >= 15 is 0 Å². The minimum absolute atomic E-state index is 0.167. The van der Waals surface area contributed by atoms with Crippen LogP contribution in [0.25, 0.3) is 0 Å². The summed E-state index contributed by atoms with van der Waals surface area (Å²) < 4.78 is 5.95. The zero-order valence-electron chi connectivity index (χ0n) is 17.5. The number of aromatic hydroxyl groups is 1. The smallest absolute Gasteiger partial charge is 0.318 e. The normalized spacial score (nSPS) is 15.3. The highest BCUT2D eigenvalue weighted by atomic mass is 127. The second kappa shape index (κ2) is 11.7. The lowest BCUT2D eigenvalue weighted by molar-refractivity contribution is -0.123. The summed E-state index contributed by atoms with van der Waals surface area (Å²) in [5.41, 5.74) is 1.72. The number of benzene rings is 2. The third kappa shape index (κ3) is 6.83. The van der Waals surface area contributed by atoms with E-state index in [1.807, 2.05) is 52.9 Å². The molecule has 3 rings (SSSR count). The molecule has 0 aromatic heterocycles. The molecule has 1 fully saturated rings. The number of hydrogen-bond donors (Lipinski definition) is 3. The summed E-state index contributed by atoms with van der Waals surface area (Å²) in [5, 5.41) is 24.9. The lowest BCUT2D eigenvalue weighted by atomic mass is 10.0. The first-order valence-corrected chi connectivity index (χ1v) is 11.4. The highest BCUT2D eigenvalue weighted by Crippen LogP contribution is 2.21. The van der Waals surface area contributed by atoms with Crippen molar-refractivity contribution in [3.63, 3.8) is 0 Å². The molecule has 2 aromatic carbocycles. The van der Waals surface area contributed by atoms with Crippen LogP contribution in [0.3, 0.4) is 0 Å². The number of nitrogens with zero attached hydrogens (tertiary/aromatic N) is 2. The van der Waals surface area contributed by atoms with Gasteiger partial charge in [-0.3, -0.25) is 4.79 Å². The molecule has 0 unspecified atom stereocenters. The molecule has 168 valence electrons. The fraction of sp³-hybridized carbons (Fsp3) is 0.348. The van der Waals surface area contributed by atoms with Gasteiger partial charge in [0.25, 0.3) is 0 Å². The monoisotopic (exact) mass is 548 g/mol. The van der Waals surface area contributed by atoms with Crippen molar-refractivity contribution in [1.29, 1.82) is 5.26 Å². The number of phenolic OH excluding ortho intramolecular Hbond substituents is 1. The summed E-state index contributed by atoms with van der Waals surface area (Å²) in [4.78, 5) is 27.4. The van der Waals surface area contributed by atoms with Crippen LogP contribution in [-0.2, 0) is 22.4 Å². The molecule has 1 heterocycles. The molecule has 2 aromatic rings. The zero-order chi connectivity index (χ0) is 22.9. The van der Waals surface area contributed by atoms with Gasteiger partial charge in [0.1, 0.15) is 17.8 Å². The highest BCUT2D eigenvalue weighted by Gasteiger charge is 2.26. The van der Waals surface area contributed by atoms with E-state index in [4.69, 9.17) is 4.74 Å². The number of rotatable bonds is 7. The molecule has 1 aliphatic rings. The first-order valence-electron chi connectivity index (χ1n) is 10.3. The van der Waals surface area contributed by atoms with Crippen molar-refractivity contribution in [3.05, 3.63) is 63.2 Å². The largest absolute Gasteiger partial charge is 0.507 e. The molecule has 0 saturated carbocycles. The van der Waals surface area contributed by atoms with E-state index in [2.05, 4.69) is 16.7 Å². The van der Waals surface area contributed by atoms with Crippen LogP contribution < -0.4 is 10.6 Å². The number of carbonyl (C=O) groups is 2. The molecule has 0 bridgehead atoms. The molecule has 2 atom stereocenters. The molecule has 0 spiro atoms. The van der Waals surface area contributed by atoms with Crippen molar-refractivity contribution >= 4 is 34.5 Å². The first-order chi connectivity index (χ1) is 15.5. The minimum atomic E-state index is -0.830. The SMILES string of the molecule is N#C[C@H](Cc1ccc(O)c(I)c1)NC(=O)[C@H](Cc1ccccc1)NC(=O)N1CCOCC1. The van der Waals surface area contributed by atoms with Gasteiger partial charge in [-0.25, -0.2) is 4.79 Å². The molecule has 1 saturated heterocycles. The third-order valence-corrected chi connectivity index (χ3v) is 5.98. The molecule has 0 aliphatic carbocycles. The molecular weight excluding hydrogens is 523 g/mol. The Morgan fingerprint density at radius 2 is 1.81 bits per heavy atom. The number of carbonyl (C=O) groups excluding carboxylic acids is 2. The van der Waals surface area contributed by atoms with Crippen LogP contribution in [0.4, 0.5) is 4.79 Å². The fourth-order valence-corrected chi connectivity index (χ4v) is 3.96. The average molecular weight is 548 g/mol. The molecule has 9 heteroatoms. The Morgan fingerprint density at radius 1 is 1.09 bits per heavy atom.